The number of ether oxygens (including phenoxy) is 4. The molecule has 1 aliphatic carbocycles. The largest absolute Gasteiger partial charge is 0.497 e. The third kappa shape index (κ3) is 7.02. The van der Waals surface area contributed by atoms with Crippen molar-refractivity contribution in [1.82, 2.24) is 4.31 Å². The molecule has 0 spiro atoms. The van der Waals surface area contributed by atoms with Crippen molar-refractivity contribution >= 4 is 10.0 Å². The molecule has 1 unspecified atom stereocenters. The van der Waals surface area contributed by atoms with Gasteiger partial charge >= 0.3 is 0 Å². The fourth-order valence-electron chi connectivity index (χ4n) is 4.57. The van der Waals surface area contributed by atoms with E-state index in [1.807, 2.05) is 0 Å². The van der Waals surface area contributed by atoms with Crippen LogP contribution in [0.2, 0.25) is 0 Å². The Bertz CT molecular complexity index is 1010. The number of benzene rings is 2. The first-order valence-corrected chi connectivity index (χ1v) is 13.5. The maximum Gasteiger partial charge on any atom is 0.214 e. The van der Waals surface area contributed by atoms with E-state index in [4.69, 9.17) is 18.9 Å². The summed E-state index contributed by atoms with van der Waals surface area (Å²) in [6.07, 6.45) is 3.70. The number of aliphatic hydroxyl groups excluding tert-OH is 1. The lowest BCUT2D eigenvalue weighted by Gasteiger charge is -2.26. The molecule has 1 fully saturated rings. The highest BCUT2D eigenvalue weighted by atomic mass is 32.2. The van der Waals surface area contributed by atoms with E-state index in [9.17, 15) is 13.5 Å². The number of hydrogen-bond donors (Lipinski definition) is 1. The van der Waals surface area contributed by atoms with Gasteiger partial charge in [-0.1, -0.05) is 25.0 Å². The number of methoxy groups -OCH3 is 4. The molecule has 0 radical (unpaired) electrons. The van der Waals surface area contributed by atoms with Crippen molar-refractivity contribution in [3.63, 3.8) is 0 Å². The maximum absolute atomic E-state index is 13.6. The van der Waals surface area contributed by atoms with Gasteiger partial charge in [0, 0.05) is 36.3 Å². The lowest BCUT2D eigenvalue weighted by Crippen LogP contribution is -2.34. The van der Waals surface area contributed by atoms with Crippen molar-refractivity contribution in [3.8, 4) is 23.0 Å². The lowest BCUT2D eigenvalue weighted by atomic mass is 9.99. The summed E-state index contributed by atoms with van der Waals surface area (Å²) in [5.41, 5.74) is 1.42. The Hall–Kier alpha value is -2.49. The van der Waals surface area contributed by atoms with Gasteiger partial charge in [-0.15, -0.1) is 0 Å². The van der Waals surface area contributed by atoms with E-state index >= 15 is 0 Å². The molecule has 0 saturated heterocycles. The molecule has 35 heavy (non-hydrogen) atoms. The second kappa shape index (κ2) is 12.5. The van der Waals surface area contributed by atoms with Crippen LogP contribution in [-0.4, -0.2) is 58.1 Å². The van der Waals surface area contributed by atoms with Gasteiger partial charge in [0.05, 0.1) is 40.3 Å². The molecule has 0 aromatic heterocycles. The normalized spacial score (nSPS) is 15.3. The Kier molecular flexibility index (Phi) is 9.65. The summed E-state index contributed by atoms with van der Waals surface area (Å²) in [6.45, 7) is 0.203. The first-order chi connectivity index (χ1) is 16.8. The fourth-order valence-corrected chi connectivity index (χ4v) is 6.04. The van der Waals surface area contributed by atoms with Gasteiger partial charge in [0.2, 0.25) is 10.0 Å². The average molecular weight is 508 g/mol. The molecule has 0 aliphatic heterocycles. The highest BCUT2D eigenvalue weighted by Gasteiger charge is 2.29. The highest BCUT2D eigenvalue weighted by molar-refractivity contribution is 7.89. The molecule has 0 amide bonds. The van der Waals surface area contributed by atoms with Gasteiger partial charge in [-0.3, -0.25) is 0 Å². The molecule has 1 N–H and O–H groups in total. The summed E-state index contributed by atoms with van der Waals surface area (Å²) in [6, 6.07) is 10.6. The summed E-state index contributed by atoms with van der Waals surface area (Å²) in [5.74, 6) is 2.37. The zero-order valence-electron chi connectivity index (χ0n) is 21.0. The van der Waals surface area contributed by atoms with Crippen molar-refractivity contribution in [2.75, 3.05) is 34.2 Å². The number of hydrogen-bond acceptors (Lipinski definition) is 7. The van der Waals surface area contributed by atoms with Crippen LogP contribution in [0.5, 0.6) is 23.0 Å². The van der Waals surface area contributed by atoms with Crippen LogP contribution < -0.4 is 18.9 Å². The van der Waals surface area contributed by atoms with Crippen LogP contribution in [0.1, 0.15) is 43.2 Å². The monoisotopic (exact) mass is 507 g/mol. The molecule has 8 nitrogen and oxygen atoms in total. The first kappa shape index (κ1) is 27.1. The average Bonchev–Trinajstić information content (AvgIpc) is 3.42. The van der Waals surface area contributed by atoms with Crippen LogP contribution in [0.25, 0.3) is 0 Å². The lowest BCUT2D eigenvalue weighted by molar-refractivity contribution is 0.107. The number of sulfonamides is 1. The molecule has 1 aliphatic rings. The molecule has 9 heteroatoms. The minimum atomic E-state index is -3.72. The van der Waals surface area contributed by atoms with Crippen molar-refractivity contribution in [3.05, 3.63) is 47.5 Å². The maximum atomic E-state index is 13.6. The summed E-state index contributed by atoms with van der Waals surface area (Å²) in [7, 11) is 2.49. The van der Waals surface area contributed by atoms with Gasteiger partial charge in [-0.05, 0) is 37.3 Å². The van der Waals surface area contributed by atoms with Gasteiger partial charge in [0.15, 0.2) is 0 Å². The SMILES string of the molecule is COc1ccc(CN(Cc2ccc(OC)cc2OC)S(=O)(=O)CCC(O)C2CCCC2)c(OC)c1. The smallest absolute Gasteiger partial charge is 0.214 e. The van der Waals surface area contributed by atoms with Crippen LogP contribution in [0.3, 0.4) is 0 Å². The van der Waals surface area contributed by atoms with Crippen LogP contribution >= 0.6 is 0 Å². The third-order valence-corrected chi connectivity index (χ3v) is 8.49. The van der Waals surface area contributed by atoms with E-state index in [1.165, 1.54) is 4.31 Å². The van der Waals surface area contributed by atoms with Gasteiger partial charge < -0.3 is 24.1 Å². The molecule has 1 atom stereocenters. The zero-order chi connectivity index (χ0) is 25.4. The third-order valence-electron chi connectivity index (χ3n) is 6.69. The fraction of sp³-hybridized carbons (Fsp3) is 0.538. The number of aliphatic hydroxyl groups is 1. The Balaban J connectivity index is 1.89. The van der Waals surface area contributed by atoms with Crippen LogP contribution in [0, 0.1) is 5.92 Å². The van der Waals surface area contributed by atoms with E-state index < -0.39 is 16.1 Å². The standard InChI is InChI=1S/C26H37NO7S/c1-31-22-11-9-20(25(15-22)33-3)17-27(18-21-10-12-23(32-2)16-26(21)34-4)35(29,30)14-13-24(28)19-7-5-6-8-19/h9-12,15-16,19,24,28H,5-8,13-14,17-18H2,1-4H3. The van der Waals surface area contributed by atoms with Crippen LogP contribution in [-0.2, 0) is 23.1 Å². The minimum absolute atomic E-state index is 0.101. The second-order valence-corrected chi connectivity index (χ2v) is 10.9. The Labute approximate surface area is 208 Å². The molecule has 1 saturated carbocycles. The molecule has 2 aromatic rings. The molecule has 0 heterocycles. The van der Waals surface area contributed by atoms with Gasteiger partial charge in [-0.2, -0.15) is 4.31 Å². The number of nitrogens with zero attached hydrogens (tertiary/aromatic N) is 1. The van der Waals surface area contributed by atoms with Crippen LogP contribution in [0.4, 0.5) is 0 Å². The quantitative estimate of drug-likeness (QED) is 0.438. The topological polar surface area (TPSA) is 94.5 Å². The van der Waals surface area contributed by atoms with Crippen LogP contribution in [0.15, 0.2) is 36.4 Å². The van der Waals surface area contributed by atoms with Crippen molar-refractivity contribution in [2.24, 2.45) is 5.92 Å². The molecule has 194 valence electrons. The molecular weight excluding hydrogens is 470 g/mol. The summed E-state index contributed by atoms with van der Waals surface area (Å²) < 4.78 is 50.2. The molecular formula is C26H37NO7S. The summed E-state index contributed by atoms with van der Waals surface area (Å²) in [4.78, 5) is 0. The Morgan fingerprint density at radius 3 is 1.77 bits per heavy atom. The van der Waals surface area contributed by atoms with Gasteiger partial charge in [-0.25, -0.2) is 8.42 Å². The van der Waals surface area contributed by atoms with Crippen molar-refractivity contribution in [2.45, 2.75) is 51.3 Å². The molecule has 2 aromatic carbocycles. The summed E-state index contributed by atoms with van der Waals surface area (Å²) >= 11 is 0. The summed E-state index contributed by atoms with van der Waals surface area (Å²) in [5, 5.41) is 10.6. The molecule has 3 rings (SSSR count). The Morgan fingerprint density at radius 1 is 0.857 bits per heavy atom. The van der Waals surface area contributed by atoms with E-state index in [2.05, 4.69) is 0 Å². The predicted octanol–water partition coefficient (Wildman–Crippen LogP) is 3.99. The van der Waals surface area contributed by atoms with E-state index in [1.54, 1.807) is 64.8 Å². The first-order valence-electron chi connectivity index (χ1n) is 11.9. The highest BCUT2D eigenvalue weighted by Crippen LogP contribution is 2.32. The van der Waals surface area contributed by atoms with E-state index in [-0.39, 0.29) is 31.2 Å². The second-order valence-electron chi connectivity index (χ2n) is 8.84. The van der Waals surface area contributed by atoms with E-state index in [0.717, 1.165) is 25.7 Å². The predicted molar refractivity (Wildman–Crippen MR) is 135 cm³/mol. The van der Waals surface area contributed by atoms with Crippen molar-refractivity contribution in [1.29, 1.82) is 0 Å². The zero-order valence-corrected chi connectivity index (χ0v) is 21.8. The Morgan fingerprint density at radius 2 is 1.34 bits per heavy atom. The molecule has 0 bridgehead atoms. The van der Waals surface area contributed by atoms with E-state index in [0.29, 0.717) is 34.1 Å². The number of rotatable bonds is 13. The van der Waals surface area contributed by atoms with Gasteiger partial charge in [0.1, 0.15) is 23.0 Å². The minimum Gasteiger partial charge on any atom is -0.497 e. The van der Waals surface area contributed by atoms with Gasteiger partial charge in [0.25, 0.3) is 0 Å². The van der Waals surface area contributed by atoms with Crippen molar-refractivity contribution < 1.29 is 32.5 Å².